The summed E-state index contributed by atoms with van der Waals surface area (Å²) < 4.78 is 0. The smallest absolute Gasteiger partial charge is 0.335 e. The first-order chi connectivity index (χ1) is 8.59. The van der Waals surface area contributed by atoms with E-state index < -0.39 is 5.97 Å². The Morgan fingerprint density at radius 1 is 0.833 bits per heavy atom. The van der Waals surface area contributed by atoms with Gasteiger partial charge in [0.2, 0.25) is 0 Å². The molecule has 0 atom stereocenters. The molecule has 2 N–H and O–H groups in total. The fourth-order valence-electron chi connectivity index (χ4n) is 1.59. The van der Waals surface area contributed by atoms with Gasteiger partial charge < -0.3 is 10.2 Å². The number of para-hydroxylation sites is 1. The summed E-state index contributed by atoms with van der Waals surface area (Å²) in [6, 6.07) is 11.8. The van der Waals surface area contributed by atoms with Crippen molar-refractivity contribution in [2.45, 2.75) is 0 Å². The number of ketones is 1. The topological polar surface area (TPSA) is 74.6 Å². The second-order valence-corrected chi connectivity index (χ2v) is 3.73. The van der Waals surface area contributed by atoms with Gasteiger partial charge in [0, 0.05) is 5.56 Å². The summed E-state index contributed by atoms with van der Waals surface area (Å²) in [5.74, 6) is -1.48. The minimum atomic E-state index is -1.04. The molecule has 2 aromatic carbocycles. The van der Waals surface area contributed by atoms with Gasteiger partial charge in [-0.2, -0.15) is 0 Å². The molecule has 90 valence electrons. The van der Waals surface area contributed by atoms with Crippen molar-refractivity contribution in [3.8, 4) is 5.75 Å². The van der Waals surface area contributed by atoms with Crippen LogP contribution in [-0.2, 0) is 0 Å². The highest BCUT2D eigenvalue weighted by Crippen LogP contribution is 2.20. The number of aromatic carboxylic acids is 1. The van der Waals surface area contributed by atoms with E-state index in [-0.39, 0.29) is 22.7 Å². The fourth-order valence-corrected chi connectivity index (χ4v) is 1.59. The standard InChI is InChI=1S/C14H10O4/c15-12-4-2-1-3-11(12)13(16)9-5-7-10(8-6-9)14(17)18/h1-8,15H,(H,17,18). The van der Waals surface area contributed by atoms with E-state index in [9.17, 15) is 14.7 Å². The number of carboxylic acid groups (broad SMARTS) is 1. The molecule has 0 heterocycles. The zero-order valence-electron chi connectivity index (χ0n) is 9.33. The van der Waals surface area contributed by atoms with Gasteiger partial charge in [0.15, 0.2) is 5.78 Å². The minimum absolute atomic E-state index is 0.0928. The van der Waals surface area contributed by atoms with Crippen molar-refractivity contribution in [1.29, 1.82) is 0 Å². The Balaban J connectivity index is 2.35. The van der Waals surface area contributed by atoms with Crippen LogP contribution >= 0.6 is 0 Å². The first kappa shape index (κ1) is 11.9. The van der Waals surface area contributed by atoms with Crippen LogP contribution in [0.15, 0.2) is 48.5 Å². The molecule has 0 aromatic heterocycles. The van der Waals surface area contributed by atoms with Crippen LogP contribution in [0.2, 0.25) is 0 Å². The van der Waals surface area contributed by atoms with E-state index in [1.54, 1.807) is 12.1 Å². The Morgan fingerprint density at radius 2 is 1.39 bits per heavy atom. The normalized spacial score (nSPS) is 10.0. The van der Waals surface area contributed by atoms with Gasteiger partial charge in [-0.1, -0.05) is 24.3 Å². The van der Waals surface area contributed by atoms with E-state index >= 15 is 0 Å². The van der Waals surface area contributed by atoms with Gasteiger partial charge in [0.1, 0.15) is 5.75 Å². The number of aromatic hydroxyl groups is 1. The van der Waals surface area contributed by atoms with Crippen LogP contribution < -0.4 is 0 Å². The second-order valence-electron chi connectivity index (χ2n) is 3.73. The van der Waals surface area contributed by atoms with Gasteiger partial charge in [0.05, 0.1) is 11.1 Å². The highest BCUT2D eigenvalue weighted by Gasteiger charge is 2.13. The number of hydrogen-bond donors (Lipinski definition) is 2. The molecule has 0 fully saturated rings. The third-order valence-electron chi connectivity index (χ3n) is 2.54. The highest BCUT2D eigenvalue weighted by molar-refractivity contribution is 6.10. The maximum atomic E-state index is 12.0. The third kappa shape index (κ3) is 2.22. The van der Waals surface area contributed by atoms with Gasteiger partial charge in [-0.25, -0.2) is 4.79 Å². The predicted octanol–water partition coefficient (Wildman–Crippen LogP) is 2.32. The molecule has 0 aliphatic rings. The Morgan fingerprint density at radius 3 is 1.94 bits per heavy atom. The maximum absolute atomic E-state index is 12.0. The molecule has 0 saturated heterocycles. The maximum Gasteiger partial charge on any atom is 0.335 e. The lowest BCUT2D eigenvalue weighted by molar-refractivity contribution is 0.0696. The van der Waals surface area contributed by atoms with Crippen LogP contribution in [0.4, 0.5) is 0 Å². The van der Waals surface area contributed by atoms with Gasteiger partial charge in [-0.05, 0) is 24.3 Å². The molecule has 0 unspecified atom stereocenters. The van der Waals surface area contributed by atoms with Gasteiger partial charge in [-0.3, -0.25) is 4.79 Å². The van der Waals surface area contributed by atoms with E-state index in [0.29, 0.717) is 5.56 Å². The summed E-state index contributed by atoms with van der Waals surface area (Å²) >= 11 is 0. The average molecular weight is 242 g/mol. The van der Waals surface area contributed by atoms with Crippen molar-refractivity contribution in [1.82, 2.24) is 0 Å². The summed E-state index contributed by atoms with van der Waals surface area (Å²) in [5, 5.41) is 18.3. The molecule has 0 saturated carbocycles. The quantitative estimate of drug-likeness (QED) is 0.810. The van der Waals surface area contributed by atoms with Crippen molar-refractivity contribution in [2.24, 2.45) is 0 Å². The van der Waals surface area contributed by atoms with Crippen molar-refractivity contribution in [3.63, 3.8) is 0 Å². The van der Waals surface area contributed by atoms with E-state index in [0.717, 1.165) is 0 Å². The Kier molecular flexibility index (Phi) is 3.10. The molecule has 2 aromatic rings. The summed E-state index contributed by atoms with van der Waals surface area (Å²) in [5.41, 5.74) is 0.644. The fraction of sp³-hybridized carbons (Fsp3) is 0. The zero-order valence-corrected chi connectivity index (χ0v) is 9.33. The number of benzene rings is 2. The lowest BCUT2D eigenvalue weighted by atomic mass is 10.0. The monoisotopic (exact) mass is 242 g/mol. The zero-order chi connectivity index (χ0) is 13.1. The molecule has 18 heavy (non-hydrogen) atoms. The summed E-state index contributed by atoms with van der Waals surface area (Å²) in [6.45, 7) is 0. The summed E-state index contributed by atoms with van der Waals surface area (Å²) in [4.78, 5) is 22.7. The second kappa shape index (κ2) is 4.71. The largest absolute Gasteiger partial charge is 0.507 e. The first-order valence-corrected chi connectivity index (χ1v) is 5.25. The van der Waals surface area contributed by atoms with Crippen LogP contribution in [-0.4, -0.2) is 22.0 Å². The van der Waals surface area contributed by atoms with E-state index in [2.05, 4.69) is 0 Å². The van der Waals surface area contributed by atoms with Crippen molar-refractivity contribution in [2.75, 3.05) is 0 Å². The minimum Gasteiger partial charge on any atom is -0.507 e. The number of carboxylic acids is 1. The van der Waals surface area contributed by atoms with Crippen LogP contribution in [0.3, 0.4) is 0 Å². The third-order valence-corrected chi connectivity index (χ3v) is 2.54. The average Bonchev–Trinajstić information content (AvgIpc) is 2.38. The van der Waals surface area contributed by atoms with Gasteiger partial charge in [-0.15, -0.1) is 0 Å². The SMILES string of the molecule is O=C(O)c1ccc(C(=O)c2ccccc2O)cc1. The van der Waals surface area contributed by atoms with Crippen LogP contribution in [0.5, 0.6) is 5.75 Å². The molecule has 0 aliphatic heterocycles. The number of phenols is 1. The molecule has 2 rings (SSSR count). The van der Waals surface area contributed by atoms with Gasteiger partial charge in [0.25, 0.3) is 0 Å². The molecular weight excluding hydrogens is 232 g/mol. The molecule has 0 aliphatic carbocycles. The molecule has 0 spiro atoms. The van der Waals surface area contributed by atoms with Gasteiger partial charge >= 0.3 is 5.97 Å². The molecule has 0 radical (unpaired) electrons. The molecule has 0 amide bonds. The van der Waals surface area contributed by atoms with Crippen LogP contribution in [0.1, 0.15) is 26.3 Å². The lowest BCUT2D eigenvalue weighted by Gasteiger charge is -2.03. The first-order valence-electron chi connectivity index (χ1n) is 5.25. The van der Waals surface area contributed by atoms with E-state index in [4.69, 9.17) is 5.11 Å². The Hall–Kier alpha value is -2.62. The number of carbonyl (C=O) groups excluding carboxylic acids is 1. The number of carbonyl (C=O) groups is 2. The molecule has 0 bridgehead atoms. The summed E-state index contributed by atoms with van der Waals surface area (Å²) in [7, 11) is 0. The van der Waals surface area contributed by atoms with Crippen LogP contribution in [0.25, 0.3) is 0 Å². The Bertz CT molecular complexity index is 599. The number of rotatable bonds is 3. The lowest BCUT2D eigenvalue weighted by Crippen LogP contribution is -2.03. The predicted molar refractivity (Wildman–Crippen MR) is 64.9 cm³/mol. The van der Waals surface area contributed by atoms with E-state index in [1.807, 2.05) is 0 Å². The molecule has 4 heteroatoms. The summed E-state index contributed by atoms with van der Waals surface area (Å²) in [6.07, 6.45) is 0. The van der Waals surface area contributed by atoms with Crippen molar-refractivity contribution in [3.05, 3.63) is 65.2 Å². The van der Waals surface area contributed by atoms with Crippen molar-refractivity contribution < 1.29 is 19.8 Å². The van der Waals surface area contributed by atoms with Crippen molar-refractivity contribution >= 4 is 11.8 Å². The molecular formula is C14H10O4. The highest BCUT2D eigenvalue weighted by atomic mass is 16.4. The molecule has 4 nitrogen and oxygen atoms in total. The van der Waals surface area contributed by atoms with E-state index in [1.165, 1.54) is 36.4 Å². The Labute approximate surface area is 103 Å². The number of hydrogen-bond acceptors (Lipinski definition) is 3. The number of phenolic OH excluding ortho intramolecular Hbond substituents is 1. The van der Waals surface area contributed by atoms with Crippen LogP contribution in [0, 0.1) is 0 Å².